The van der Waals surface area contributed by atoms with E-state index in [1.165, 1.54) is 22.7 Å². The van der Waals surface area contributed by atoms with Crippen LogP contribution in [0.3, 0.4) is 0 Å². The van der Waals surface area contributed by atoms with Gasteiger partial charge in [-0.25, -0.2) is 9.67 Å². The van der Waals surface area contributed by atoms with E-state index < -0.39 is 0 Å². The van der Waals surface area contributed by atoms with E-state index in [1.54, 1.807) is 11.8 Å². The second-order valence-corrected chi connectivity index (χ2v) is 7.20. The third-order valence-electron chi connectivity index (χ3n) is 5.27. The molecule has 0 N–H and O–H groups in total. The van der Waals surface area contributed by atoms with Gasteiger partial charge in [-0.3, -0.25) is 9.36 Å². The van der Waals surface area contributed by atoms with Crippen molar-refractivity contribution in [2.24, 2.45) is 0 Å². The lowest BCUT2D eigenvalue weighted by Crippen LogP contribution is -2.21. The summed E-state index contributed by atoms with van der Waals surface area (Å²) in [6.45, 7) is 2.20. The minimum absolute atomic E-state index is 0.0975. The van der Waals surface area contributed by atoms with Crippen LogP contribution in [0.25, 0.3) is 28.1 Å². The molecule has 0 radical (unpaired) electrons. The largest absolute Gasteiger partial charge is 0.496 e. The summed E-state index contributed by atoms with van der Waals surface area (Å²) in [6, 6.07) is 15.4. The molecule has 2 aromatic carbocycles. The second kappa shape index (κ2) is 8.10. The number of ether oxygens (including phenoxy) is 1. The van der Waals surface area contributed by atoms with Gasteiger partial charge in [-0.2, -0.15) is 10.1 Å². The van der Waals surface area contributed by atoms with E-state index in [4.69, 9.17) is 9.26 Å². The summed E-state index contributed by atoms with van der Waals surface area (Å²) in [7, 11) is 1.58. The van der Waals surface area contributed by atoms with E-state index in [-0.39, 0.29) is 18.0 Å². The molecule has 0 bridgehead atoms. The quantitative estimate of drug-likeness (QED) is 0.409. The van der Waals surface area contributed by atoms with E-state index in [2.05, 4.69) is 27.1 Å². The van der Waals surface area contributed by atoms with Gasteiger partial charge in [0.15, 0.2) is 5.65 Å². The number of hydrogen-bond donors (Lipinski definition) is 0. The number of hydrogen-bond acceptors (Lipinski definition) is 7. The van der Waals surface area contributed by atoms with E-state index in [1.807, 2.05) is 48.5 Å². The normalized spacial score (nSPS) is 11.2. The van der Waals surface area contributed by atoms with Crippen molar-refractivity contribution in [2.75, 3.05) is 7.11 Å². The second-order valence-electron chi connectivity index (χ2n) is 7.20. The summed E-state index contributed by atoms with van der Waals surface area (Å²) < 4.78 is 13.8. The number of para-hydroxylation sites is 1. The predicted molar refractivity (Wildman–Crippen MR) is 118 cm³/mol. The van der Waals surface area contributed by atoms with Gasteiger partial charge < -0.3 is 9.26 Å². The molecule has 160 valence electrons. The molecule has 0 fully saturated rings. The Bertz CT molecular complexity index is 1450. The zero-order valence-corrected chi connectivity index (χ0v) is 17.6. The molecule has 0 unspecified atom stereocenters. The number of rotatable bonds is 6. The van der Waals surface area contributed by atoms with Gasteiger partial charge in [0, 0.05) is 0 Å². The van der Waals surface area contributed by atoms with Crippen LogP contribution in [-0.2, 0) is 13.0 Å². The van der Waals surface area contributed by atoms with Crippen LogP contribution in [-0.4, -0.2) is 36.6 Å². The lowest BCUT2D eigenvalue weighted by atomic mass is 10.1. The Morgan fingerprint density at radius 1 is 1.09 bits per heavy atom. The molecule has 3 aromatic heterocycles. The van der Waals surface area contributed by atoms with Crippen LogP contribution in [0.5, 0.6) is 5.75 Å². The molecule has 0 amide bonds. The van der Waals surface area contributed by atoms with Crippen molar-refractivity contribution in [3.05, 3.63) is 82.9 Å². The van der Waals surface area contributed by atoms with Crippen LogP contribution in [0.4, 0.5) is 0 Å². The molecule has 0 aliphatic rings. The molecule has 0 saturated heterocycles. The van der Waals surface area contributed by atoms with Crippen molar-refractivity contribution >= 4 is 11.0 Å². The lowest BCUT2D eigenvalue weighted by Gasteiger charge is -2.05. The minimum Gasteiger partial charge on any atom is -0.496 e. The Labute approximate surface area is 182 Å². The highest BCUT2D eigenvalue weighted by Gasteiger charge is 2.16. The minimum atomic E-state index is -0.233. The summed E-state index contributed by atoms with van der Waals surface area (Å²) in [6.07, 6.45) is 3.96. The van der Waals surface area contributed by atoms with Crippen molar-refractivity contribution in [1.29, 1.82) is 0 Å². The number of methoxy groups -OCH3 is 1. The topological polar surface area (TPSA) is 101 Å². The third-order valence-corrected chi connectivity index (χ3v) is 5.27. The van der Waals surface area contributed by atoms with Crippen molar-refractivity contribution in [3.8, 4) is 22.8 Å². The Morgan fingerprint density at radius 3 is 2.69 bits per heavy atom. The van der Waals surface area contributed by atoms with Crippen LogP contribution >= 0.6 is 0 Å². The third kappa shape index (κ3) is 3.43. The fraction of sp³-hybridized carbons (Fsp3) is 0.174. The Balaban J connectivity index is 1.45. The lowest BCUT2D eigenvalue weighted by molar-refractivity contribution is 0.369. The molecular weight excluding hydrogens is 408 g/mol. The average Bonchev–Trinajstić information content (AvgIpc) is 3.48. The average molecular weight is 428 g/mol. The molecule has 9 nitrogen and oxygen atoms in total. The number of fused-ring (bicyclic) bond motifs is 1. The van der Waals surface area contributed by atoms with Gasteiger partial charge >= 0.3 is 0 Å². The van der Waals surface area contributed by atoms with Crippen LogP contribution in [0.15, 0.2) is 70.4 Å². The van der Waals surface area contributed by atoms with Crippen molar-refractivity contribution in [1.82, 2.24) is 29.5 Å². The van der Waals surface area contributed by atoms with Gasteiger partial charge in [-0.1, -0.05) is 36.3 Å². The SMILES string of the molecule is CCc1ccc(-n2ncc3c(=O)n(Cc4nc(-c5ccccc5OC)no4)cnc32)cc1. The number of aryl methyl sites for hydroxylation is 1. The molecule has 0 saturated carbocycles. The maximum atomic E-state index is 13.0. The number of nitrogens with zero attached hydrogens (tertiary/aromatic N) is 6. The fourth-order valence-corrected chi connectivity index (χ4v) is 3.53. The smallest absolute Gasteiger partial charge is 0.264 e. The molecule has 0 spiro atoms. The first kappa shape index (κ1) is 19.7. The zero-order chi connectivity index (χ0) is 22.1. The number of aromatic nitrogens is 6. The van der Waals surface area contributed by atoms with E-state index >= 15 is 0 Å². The Morgan fingerprint density at radius 2 is 1.91 bits per heavy atom. The van der Waals surface area contributed by atoms with E-state index in [0.29, 0.717) is 28.2 Å². The highest BCUT2D eigenvalue weighted by atomic mass is 16.5. The van der Waals surface area contributed by atoms with Gasteiger partial charge in [-0.05, 0) is 36.2 Å². The van der Waals surface area contributed by atoms with Gasteiger partial charge in [-0.15, -0.1) is 0 Å². The summed E-state index contributed by atoms with van der Waals surface area (Å²) in [5, 5.41) is 8.80. The monoisotopic (exact) mass is 428 g/mol. The van der Waals surface area contributed by atoms with Crippen LogP contribution < -0.4 is 10.3 Å². The first-order valence-corrected chi connectivity index (χ1v) is 10.2. The van der Waals surface area contributed by atoms with Gasteiger partial charge in [0.25, 0.3) is 5.56 Å². The highest BCUT2D eigenvalue weighted by molar-refractivity contribution is 5.75. The van der Waals surface area contributed by atoms with Crippen molar-refractivity contribution < 1.29 is 9.26 Å². The molecule has 32 heavy (non-hydrogen) atoms. The van der Waals surface area contributed by atoms with Crippen molar-refractivity contribution in [3.63, 3.8) is 0 Å². The fourth-order valence-electron chi connectivity index (χ4n) is 3.53. The summed E-state index contributed by atoms with van der Waals surface area (Å²) in [5.41, 5.74) is 3.05. The predicted octanol–water partition coefficient (Wildman–Crippen LogP) is 3.25. The van der Waals surface area contributed by atoms with Crippen LogP contribution in [0.2, 0.25) is 0 Å². The van der Waals surface area contributed by atoms with Gasteiger partial charge in [0.1, 0.15) is 24.0 Å². The summed E-state index contributed by atoms with van der Waals surface area (Å²) in [4.78, 5) is 21.9. The van der Waals surface area contributed by atoms with E-state index in [9.17, 15) is 4.79 Å². The first-order valence-electron chi connectivity index (χ1n) is 10.2. The Kier molecular flexibility index (Phi) is 4.98. The van der Waals surface area contributed by atoms with Gasteiger partial charge in [0.2, 0.25) is 11.7 Å². The summed E-state index contributed by atoms with van der Waals surface area (Å²) in [5.74, 6) is 1.32. The molecule has 0 aliphatic carbocycles. The molecule has 0 atom stereocenters. The first-order chi connectivity index (χ1) is 15.7. The van der Waals surface area contributed by atoms with Crippen LogP contribution in [0, 0.1) is 0 Å². The highest BCUT2D eigenvalue weighted by Crippen LogP contribution is 2.27. The molecule has 0 aliphatic heterocycles. The van der Waals surface area contributed by atoms with Gasteiger partial charge in [0.05, 0.1) is 24.6 Å². The van der Waals surface area contributed by atoms with E-state index in [0.717, 1.165) is 12.1 Å². The molecule has 5 rings (SSSR count). The summed E-state index contributed by atoms with van der Waals surface area (Å²) >= 11 is 0. The standard InChI is InChI=1S/C23H20N6O3/c1-3-15-8-10-16(11-9-15)29-22-18(12-25-29)23(30)28(14-24-22)13-20-26-21(27-32-20)17-6-4-5-7-19(17)31-2/h4-12,14H,3,13H2,1-2H3. The molecule has 5 aromatic rings. The molecule has 9 heteroatoms. The number of benzene rings is 2. The van der Waals surface area contributed by atoms with Crippen molar-refractivity contribution in [2.45, 2.75) is 19.9 Å². The van der Waals surface area contributed by atoms with Crippen LogP contribution in [0.1, 0.15) is 18.4 Å². The molecule has 3 heterocycles. The maximum Gasteiger partial charge on any atom is 0.264 e. The molecular formula is C23H20N6O3. The zero-order valence-electron chi connectivity index (χ0n) is 17.6. The maximum absolute atomic E-state index is 13.0. The Hall–Kier alpha value is -4.27.